The van der Waals surface area contributed by atoms with Crippen molar-refractivity contribution in [3.8, 4) is 0 Å². The topological polar surface area (TPSA) is 33.2 Å². The fourth-order valence-electron chi connectivity index (χ4n) is 2.91. The maximum Gasteiger partial charge on any atom is 0.182 e. The minimum Gasteiger partial charge on any atom is -0.300 e. The number of likely N-dealkylation sites (tertiary alicyclic amines) is 1. The molecule has 0 aliphatic carbocycles. The Bertz CT molecular complexity index is 433. The van der Waals surface area contributed by atoms with Gasteiger partial charge in [-0.25, -0.2) is 4.39 Å². The van der Waals surface area contributed by atoms with E-state index in [1.165, 1.54) is 37.8 Å². The van der Waals surface area contributed by atoms with Crippen LogP contribution in [-0.2, 0) is 0 Å². The highest BCUT2D eigenvalue weighted by atomic mass is 19.1. The molecule has 110 valence electrons. The van der Waals surface area contributed by atoms with E-state index >= 15 is 0 Å². The fourth-order valence-corrected chi connectivity index (χ4v) is 2.91. The molecule has 1 aliphatic rings. The van der Waals surface area contributed by atoms with Crippen molar-refractivity contribution in [1.29, 1.82) is 0 Å². The molecular weight excluding hydrogens is 255 g/mol. The lowest BCUT2D eigenvalue weighted by molar-refractivity contribution is 0.0944. The van der Waals surface area contributed by atoms with E-state index in [-0.39, 0.29) is 5.78 Å². The highest BCUT2D eigenvalue weighted by Gasteiger charge is 2.20. The lowest BCUT2D eigenvalue weighted by atomic mass is 10.1. The van der Waals surface area contributed by atoms with Gasteiger partial charge in [-0.05, 0) is 37.9 Å². The zero-order chi connectivity index (χ0) is 14.4. The Morgan fingerprint density at radius 3 is 2.95 bits per heavy atom. The SMILES string of the molecule is CCC1CCCCCN1CCC(=O)c1ccc(F)cn1. The highest BCUT2D eigenvalue weighted by Crippen LogP contribution is 2.19. The van der Waals surface area contributed by atoms with Gasteiger partial charge in [0.1, 0.15) is 11.5 Å². The highest BCUT2D eigenvalue weighted by molar-refractivity contribution is 5.94. The normalized spacial score (nSPS) is 20.6. The summed E-state index contributed by atoms with van der Waals surface area (Å²) in [4.78, 5) is 18.4. The number of halogens is 1. The second kappa shape index (κ2) is 7.48. The second-order valence-electron chi connectivity index (χ2n) is 5.48. The molecular formula is C16H23FN2O. The number of carbonyl (C=O) groups is 1. The Hall–Kier alpha value is -1.29. The second-order valence-corrected chi connectivity index (χ2v) is 5.48. The molecule has 20 heavy (non-hydrogen) atoms. The van der Waals surface area contributed by atoms with Crippen molar-refractivity contribution in [3.05, 3.63) is 29.8 Å². The summed E-state index contributed by atoms with van der Waals surface area (Å²) in [5.41, 5.74) is 0.370. The zero-order valence-electron chi connectivity index (χ0n) is 12.1. The lowest BCUT2D eigenvalue weighted by Crippen LogP contribution is -2.36. The van der Waals surface area contributed by atoms with Crippen molar-refractivity contribution in [1.82, 2.24) is 9.88 Å². The van der Waals surface area contributed by atoms with Crippen LogP contribution in [0.1, 0.15) is 55.9 Å². The van der Waals surface area contributed by atoms with Gasteiger partial charge in [0, 0.05) is 19.0 Å². The van der Waals surface area contributed by atoms with Crippen LogP contribution < -0.4 is 0 Å². The number of pyridine rings is 1. The van der Waals surface area contributed by atoms with Gasteiger partial charge in [-0.2, -0.15) is 0 Å². The minimum atomic E-state index is -0.403. The number of rotatable bonds is 5. The molecule has 1 fully saturated rings. The Balaban J connectivity index is 1.89. The summed E-state index contributed by atoms with van der Waals surface area (Å²) < 4.78 is 12.8. The Morgan fingerprint density at radius 2 is 2.25 bits per heavy atom. The van der Waals surface area contributed by atoms with Gasteiger partial charge in [-0.1, -0.05) is 19.8 Å². The molecule has 0 bridgehead atoms. The first-order valence-corrected chi connectivity index (χ1v) is 7.59. The van der Waals surface area contributed by atoms with Crippen molar-refractivity contribution in [2.45, 2.75) is 51.5 Å². The summed E-state index contributed by atoms with van der Waals surface area (Å²) in [6.07, 6.45) is 7.76. The van der Waals surface area contributed by atoms with Crippen LogP contribution in [0.3, 0.4) is 0 Å². The van der Waals surface area contributed by atoms with Gasteiger partial charge in [-0.15, -0.1) is 0 Å². The van der Waals surface area contributed by atoms with Gasteiger partial charge in [-0.3, -0.25) is 14.7 Å². The molecule has 0 spiro atoms. The number of aromatic nitrogens is 1. The number of ketones is 1. The van der Waals surface area contributed by atoms with Crippen LogP contribution >= 0.6 is 0 Å². The van der Waals surface area contributed by atoms with E-state index in [0.29, 0.717) is 18.2 Å². The van der Waals surface area contributed by atoms with Gasteiger partial charge in [0.15, 0.2) is 5.78 Å². The summed E-state index contributed by atoms with van der Waals surface area (Å²) >= 11 is 0. The van der Waals surface area contributed by atoms with E-state index < -0.39 is 5.82 Å². The molecule has 3 nitrogen and oxygen atoms in total. The van der Waals surface area contributed by atoms with Crippen LogP contribution in [0, 0.1) is 5.82 Å². The van der Waals surface area contributed by atoms with Crippen LogP contribution in [0.15, 0.2) is 18.3 Å². The molecule has 1 aromatic heterocycles. The van der Waals surface area contributed by atoms with Crippen LogP contribution in [0.5, 0.6) is 0 Å². The molecule has 1 unspecified atom stereocenters. The van der Waals surface area contributed by atoms with Crippen LogP contribution in [0.25, 0.3) is 0 Å². The number of hydrogen-bond donors (Lipinski definition) is 0. The van der Waals surface area contributed by atoms with E-state index in [4.69, 9.17) is 0 Å². The third kappa shape index (κ3) is 4.10. The molecule has 0 N–H and O–H groups in total. The third-order valence-electron chi connectivity index (χ3n) is 4.11. The Morgan fingerprint density at radius 1 is 1.40 bits per heavy atom. The monoisotopic (exact) mass is 278 g/mol. The Labute approximate surface area is 120 Å². The summed E-state index contributed by atoms with van der Waals surface area (Å²) in [6, 6.07) is 3.37. The van der Waals surface area contributed by atoms with Crippen molar-refractivity contribution in [2.75, 3.05) is 13.1 Å². The molecule has 0 aromatic carbocycles. The first kappa shape index (κ1) is 15.1. The first-order chi connectivity index (χ1) is 9.70. The Kier molecular flexibility index (Phi) is 5.65. The molecule has 0 saturated carbocycles. The average Bonchev–Trinajstić information content (AvgIpc) is 2.70. The van der Waals surface area contributed by atoms with Gasteiger partial charge >= 0.3 is 0 Å². The van der Waals surface area contributed by atoms with Crippen molar-refractivity contribution >= 4 is 5.78 Å². The molecule has 1 saturated heterocycles. The molecule has 0 radical (unpaired) electrons. The number of nitrogens with zero attached hydrogens (tertiary/aromatic N) is 2. The summed E-state index contributed by atoms with van der Waals surface area (Å²) in [7, 11) is 0. The zero-order valence-corrected chi connectivity index (χ0v) is 12.1. The molecule has 2 heterocycles. The quantitative estimate of drug-likeness (QED) is 0.773. The molecule has 1 aromatic rings. The van der Waals surface area contributed by atoms with Crippen LogP contribution in [0.2, 0.25) is 0 Å². The predicted molar refractivity (Wildman–Crippen MR) is 77.3 cm³/mol. The summed E-state index contributed by atoms with van der Waals surface area (Å²) in [5, 5.41) is 0. The van der Waals surface area contributed by atoms with Gasteiger partial charge in [0.25, 0.3) is 0 Å². The number of carbonyl (C=O) groups excluding carboxylic acids is 1. The fraction of sp³-hybridized carbons (Fsp3) is 0.625. The van der Waals surface area contributed by atoms with E-state index in [1.807, 2.05) is 0 Å². The molecule has 0 amide bonds. The van der Waals surface area contributed by atoms with Crippen molar-refractivity contribution in [3.63, 3.8) is 0 Å². The maximum absolute atomic E-state index is 12.8. The van der Waals surface area contributed by atoms with Crippen LogP contribution in [0.4, 0.5) is 4.39 Å². The lowest BCUT2D eigenvalue weighted by Gasteiger charge is -2.28. The minimum absolute atomic E-state index is 0.00380. The number of hydrogen-bond acceptors (Lipinski definition) is 3. The van der Waals surface area contributed by atoms with Gasteiger partial charge < -0.3 is 0 Å². The maximum atomic E-state index is 12.8. The summed E-state index contributed by atoms with van der Waals surface area (Å²) in [6.45, 7) is 4.09. The predicted octanol–water partition coefficient (Wildman–Crippen LogP) is 3.45. The van der Waals surface area contributed by atoms with E-state index in [9.17, 15) is 9.18 Å². The van der Waals surface area contributed by atoms with E-state index in [0.717, 1.165) is 25.7 Å². The summed E-state index contributed by atoms with van der Waals surface area (Å²) in [5.74, 6) is -0.399. The molecule has 1 atom stereocenters. The number of Topliss-reactive ketones (excluding diaryl/α,β-unsaturated/α-hetero) is 1. The average molecular weight is 278 g/mol. The standard InChI is InChI=1S/C16H23FN2O/c1-2-14-6-4-3-5-10-19(14)11-9-16(20)15-8-7-13(17)12-18-15/h7-8,12,14H,2-6,9-11H2,1H3. The van der Waals surface area contributed by atoms with Crippen molar-refractivity contribution < 1.29 is 9.18 Å². The van der Waals surface area contributed by atoms with Gasteiger partial charge in [0.05, 0.1) is 6.20 Å². The molecule has 4 heteroatoms. The van der Waals surface area contributed by atoms with Crippen LogP contribution in [-0.4, -0.2) is 34.8 Å². The van der Waals surface area contributed by atoms with E-state index in [1.54, 1.807) is 0 Å². The van der Waals surface area contributed by atoms with Gasteiger partial charge in [0.2, 0.25) is 0 Å². The third-order valence-corrected chi connectivity index (χ3v) is 4.11. The van der Waals surface area contributed by atoms with Crippen molar-refractivity contribution in [2.24, 2.45) is 0 Å². The smallest absolute Gasteiger partial charge is 0.182 e. The molecule has 2 rings (SSSR count). The van der Waals surface area contributed by atoms with E-state index in [2.05, 4.69) is 16.8 Å². The molecule has 1 aliphatic heterocycles. The largest absolute Gasteiger partial charge is 0.300 e. The first-order valence-electron chi connectivity index (χ1n) is 7.59.